The monoisotopic (exact) mass is 290 g/mol. The number of anilines is 1. The van der Waals surface area contributed by atoms with Crippen LogP contribution in [0.15, 0.2) is 24.3 Å². The van der Waals surface area contributed by atoms with Crippen molar-refractivity contribution in [2.75, 3.05) is 11.9 Å². The maximum atomic E-state index is 12.4. The molecule has 0 spiro atoms. The molecule has 0 aliphatic carbocycles. The summed E-state index contributed by atoms with van der Waals surface area (Å²) in [4.78, 5) is 25.5. The van der Waals surface area contributed by atoms with Crippen LogP contribution in [-0.2, 0) is 9.59 Å². The van der Waals surface area contributed by atoms with Gasteiger partial charge in [0.05, 0.1) is 6.04 Å². The molecule has 1 saturated heterocycles. The average Bonchev–Trinajstić information content (AvgIpc) is 2.48. The van der Waals surface area contributed by atoms with Crippen LogP contribution in [0.25, 0.3) is 0 Å². The van der Waals surface area contributed by atoms with E-state index in [0.29, 0.717) is 13.0 Å². The third-order valence-electron chi connectivity index (χ3n) is 4.11. The predicted octanol–water partition coefficient (Wildman–Crippen LogP) is 2.26. The summed E-state index contributed by atoms with van der Waals surface area (Å²) >= 11 is 0. The number of rotatable bonds is 4. The number of carboxylic acids is 1. The molecule has 5 heteroatoms. The second-order valence-electron chi connectivity index (χ2n) is 5.57. The highest BCUT2D eigenvalue weighted by atomic mass is 16.4. The molecule has 21 heavy (non-hydrogen) atoms. The smallest absolute Gasteiger partial charge is 0.320 e. The number of carbonyl (C=O) groups is 2. The number of nitrogens with one attached hydrogen (secondary N) is 1. The molecule has 1 heterocycles. The Morgan fingerprint density at radius 2 is 2.05 bits per heavy atom. The van der Waals surface area contributed by atoms with Crippen LogP contribution in [0, 0.1) is 6.92 Å². The number of aliphatic carboxylic acids is 1. The number of amides is 1. The number of piperidine rings is 1. The fourth-order valence-electron chi connectivity index (χ4n) is 2.78. The van der Waals surface area contributed by atoms with Crippen LogP contribution < -0.4 is 5.32 Å². The summed E-state index contributed by atoms with van der Waals surface area (Å²) in [6, 6.07) is 6.56. The number of benzene rings is 1. The molecule has 2 N–H and O–H groups in total. The van der Waals surface area contributed by atoms with Crippen LogP contribution in [-0.4, -0.2) is 40.5 Å². The van der Waals surface area contributed by atoms with Gasteiger partial charge in [0.2, 0.25) is 5.91 Å². The quantitative estimate of drug-likeness (QED) is 0.892. The lowest BCUT2D eigenvalue weighted by Crippen LogP contribution is -2.53. The number of carbonyl (C=O) groups excluding carboxylic acids is 1. The SMILES string of the molecule is Cc1ccccc1NC(=O)C(C)N1CCCCC1C(=O)O. The van der Waals surface area contributed by atoms with Crippen molar-refractivity contribution in [3.05, 3.63) is 29.8 Å². The van der Waals surface area contributed by atoms with Gasteiger partial charge in [-0.3, -0.25) is 14.5 Å². The standard InChI is InChI=1S/C16H22N2O3/c1-11-7-3-4-8-13(11)17-15(19)12(2)18-10-6-5-9-14(18)16(20)21/h3-4,7-8,12,14H,5-6,9-10H2,1-2H3,(H,17,19)(H,20,21). The van der Waals surface area contributed by atoms with Crippen molar-refractivity contribution < 1.29 is 14.7 Å². The minimum absolute atomic E-state index is 0.155. The third kappa shape index (κ3) is 3.61. The molecule has 1 aliphatic rings. The summed E-state index contributed by atoms with van der Waals surface area (Å²) in [5.74, 6) is -0.998. The topological polar surface area (TPSA) is 69.6 Å². The molecule has 2 unspecified atom stereocenters. The summed E-state index contributed by atoms with van der Waals surface area (Å²) in [5, 5.41) is 12.2. The summed E-state index contributed by atoms with van der Waals surface area (Å²) in [6.07, 6.45) is 2.45. The first-order valence-corrected chi connectivity index (χ1v) is 7.35. The summed E-state index contributed by atoms with van der Waals surface area (Å²) in [7, 11) is 0. The van der Waals surface area contributed by atoms with Crippen LogP contribution in [0.3, 0.4) is 0 Å². The van der Waals surface area contributed by atoms with Gasteiger partial charge in [0, 0.05) is 5.69 Å². The van der Waals surface area contributed by atoms with Gasteiger partial charge >= 0.3 is 5.97 Å². The second-order valence-corrected chi connectivity index (χ2v) is 5.57. The molecule has 0 aromatic heterocycles. The minimum atomic E-state index is -0.842. The second kappa shape index (κ2) is 6.72. The van der Waals surface area contributed by atoms with E-state index in [4.69, 9.17) is 0 Å². The van der Waals surface area contributed by atoms with E-state index in [1.807, 2.05) is 31.2 Å². The lowest BCUT2D eigenvalue weighted by atomic mass is 10.00. The molecule has 2 rings (SSSR count). The van der Waals surface area contributed by atoms with Crippen molar-refractivity contribution in [3.8, 4) is 0 Å². The molecule has 1 aromatic rings. The highest BCUT2D eigenvalue weighted by molar-refractivity contribution is 5.95. The van der Waals surface area contributed by atoms with E-state index < -0.39 is 18.1 Å². The van der Waals surface area contributed by atoms with Gasteiger partial charge in [-0.15, -0.1) is 0 Å². The van der Waals surface area contributed by atoms with Crippen LogP contribution in [0.1, 0.15) is 31.7 Å². The molecule has 2 atom stereocenters. The van der Waals surface area contributed by atoms with Gasteiger partial charge < -0.3 is 10.4 Å². The van der Waals surface area contributed by atoms with Gasteiger partial charge in [0.15, 0.2) is 0 Å². The Hall–Kier alpha value is -1.88. The Bertz CT molecular complexity index is 530. The van der Waals surface area contributed by atoms with Gasteiger partial charge in [0.25, 0.3) is 0 Å². The summed E-state index contributed by atoms with van der Waals surface area (Å²) < 4.78 is 0. The van der Waals surface area contributed by atoms with E-state index in [1.54, 1.807) is 11.8 Å². The molecule has 0 bridgehead atoms. The van der Waals surface area contributed by atoms with E-state index in [-0.39, 0.29) is 5.91 Å². The Labute approximate surface area is 125 Å². The van der Waals surface area contributed by atoms with Crippen molar-refractivity contribution >= 4 is 17.6 Å². The lowest BCUT2D eigenvalue weighted by Gasteiger charge is -2.36. The van der Waals surface area contributed by atoms with Gasteiger partial charge in [-0.25, -0.2) is 0 Å². The van der Waals surface area contributed by atoms with Gasteiger partial charge in [-0.1, -0.05) is 24.6 Å². The zero-order chi connectivity index (χ0) is 15.4. The van der Waals surface area contributed by atoms with Crippen molar-refractivity contribution in [2.24, 2.45) is 0 Å². The normalized spacial score (nSPS) is 20.8. The van der Waals surface area contributed by atoms with Crippen molar-refractivity contribution in [2.45, 2.75) is 45.2 Å². The lowest BCUT2D eigenvalue weighted by molar-refractivity contribution is -0.146. The number of hydrogen-bond acceptors (Lipinski definition) is 3. The van der Waals surface area contributed by atoms with Crippen molar-refractivity contribution in [1.29, 1.82) is 0 Å². The maximum Gasteiger partial charge on any atom is 0.320 e. The molecule has 1 amide bonds. The fourth-order valence-corrected chi connectivity index (χ4v) is 2.78. The van der Waals surface area contributed by atoms with Crippen LogP contribution >= 0.6 is 0 Å². The van der Waals surface area contributed by atoms with Crippen molar-refractivity contribution in [3.63, 3.8) is 0 Å². The number of hydrogen-bond donors (Lipinski definition) is 2. The van der Waals surface area contributed by atoms with E-state index in [2.05, 4.69) is 5.32 Å². The molecule has 1 aromatic carbocycles. The van der Waals surface area contributed by atoms with Gasteiger partial charge in [-0.2, -0.15) is 0 Å². The van der Waals surface area contributed by atoms with Gasteiger partial charge in [-0.05, 0) is 44.9 Å². The predicted molar refractivity (Wildman–Crippen MR) is 81.3 cm³/mol. The number of nitrogens with zero attached hydrogens (tertiary/aromatic N) is 1. The Balaban J connectivity index is 2.07. The number of para-hydroxylation sites is 1. The van der Waals surface area contributed by atoms with Crippen LogP contribution in [0.5, 0.6) is 0 Å². The largest absolute Gasteiger partial charge is 0.480 e. The highest BCUT2D eigenvalue weighted by Crippen LogP contribution is 2.21. The third-order valence-corrected chi connectivity index (χ3v) is 4.11. The van der Waals surface area contributed by atoms with Crippen molar-refractivity contribution in [1.82, 2.24) is 4.90 Å². The zero-order valence-corrected chi connectivity index (χ0v) is 12.5. The molecule has 114 valence electrons. The molecule has 0 saturated carbocycles. The van der Waals surface area contributed by atoms with E-state index in [9.17, 15) is 14.7 Å². The Morgan fingerprint density at radius 1 is 1.33 bits per heavy atom. The maximum absolute atomic E-state index is 12.4. The first-order valence-electron chi connectivity index (χ1n) is 7.35. The molecular weight excluding hydrogens is 268 g/mol. The summed E-state index contributed by atoms with van der Waals surface area (Å²) in [6.45, 7) is 4.36. The van der Waals surface area contributed by atoms with E-state index >= 15 is 0 Å². The molecule has 1 aliphatic heterocycles. The minimum Gasteiger partial charge on any atom is -0.480 e. The zero-order valence-electron chi connectivity index (χ0n) is 12.5. The molecule has 5 nitrogen and oxygen atoms in total. The molecule has 1 fully saturated rings. The fraction of sp³-hybridized carbons (Fsp3) is 0.500. The first-order chi connectivity index (χ1) is 10.0. The molecule has 0 radical (unpaired) electrons. The molecular formula is C16H22N2O3. The number of aryl methyl sites for hydroxylation is 1. The Kier molecular flexibility index (Phi) is 4.96. The highest BCUT2D eigenvalue weighted by Gasteiger charge is 2.34. The average molecular weight is 290 g/mol. The van der Waals surface area contributed by atoms with Crippen LogP contribution in [0.2, 0.25) is 0 Å². The van der Waals surface area contributed by atoms with E-state index in [1.165, 1.54) is 0 Å². The first kappa shape index (κ1) is 15.5. The summed E-state index contributed by atoms with van der Waals surface area (Å²) in [5.41, 5.74) is 1.77. The van der Waals surface area contributed by atoms with Crippen LogP contribution in [0.4, 0.5) is 5.69 Å². The number of likely N-dealkylation sites (tertiary alicyclic amines) is 1. The number of carboxylic acid groups (broad SMARTS) is 1. The van der Waals surface area contributed by atoms with Gasteiger partial charge in [0.1, 0.15) is 6.04 Å². The Morgan fingerprint density at radius 3 is 2.71 bits per heavy atom. The van der Waals surface area contributed by atoms with E-state index in [0.717, 1.165) is 24.1 Å².